The van der Waals surface area contributed by atoms with Gasteiger partial charge in [-0.15, -0.1) is 11.3 Å². The van der Waals surface area contributed by atoms with Gasteiger partial charge in [-0.3, -0.25) is 4.79 Å². The Morgan fingerprint density at radius 3 is 3.10 bits per heavy atom. The van der Waals surface area contributed by atoms with Crippen molar-refractivity contribution in [2.75, 3.05) is 0 Å². The van der Waals surface area contributed by atoms with E-state index < -0.39 is 6.04 Å². The predicted octanol–water partition coefficient (Wildman–Crippen LogP) is 1.81. The molecule has 0 fully saturated rings. The second kappa shape index (κ2) is 6.07. The van der Waals surface area contributed by atoms with Gasteiger partial charge in [-0.1, -0.05) is 18.2 Å². The summed E-state index contributed by atoms with van der Waals surface area (Å²) in [6.07, 6.45) is 2.42. The minimum Gasteiger partial charge on any atom is -0.361 e. The number of hydrogen-bond donors (Lipinski definition) is 3. The lowest BCUT2D eigenvalue weighted by Crippen LogP contribution is -2.41. The summed E-state index contributed by atoms with van der Waals surface area (Å²) < 4.78 is 0. The van der Waals surface area contributed by atoms with Gasteiger partial charge < -0.3 is 16.0 Å². The SMILES string of the molecule is NC(Cc1c[nH]c2ccccc12)C(=O)NCc1cscn1. The summed E-state index contributed by atoms with van der Waals surface area (Å²) in [5.41, 5.74) is 10.7. The number of nitrogens with one attached hydrogen (secondary N) is 2. The number of fused-ring (bicyclic) bond motifs is 1. The number of thiazole rings is 1. The van der Waals surface area contributed by atoms with Crippen molar-refractivity contribution in [3.05, 3.63) is 52.6 Å². The molecule has 1 aromatic carbocycles. The number of carbonyl (C=O) groups is 1. The van der Waals surface area contributed by atoms with Gasteiger partial charge in [0.15, 0.2) is 0 Å². The number of nitrogens with two attached hydrogens (primary N) is 1. The molecule has 6 heteroatoms. The Morgan fingerprint density at radius 1 is 1.43 bits per heavy atom. The fourth-order valence-corrected chi connectivity index (χ4v) is 2.82. The second-order valence-corrected chi connectivity index (χ2v) is 5.59. The van der Waals surface area contributed by atoms with E-state index in [0.29, 0.717) is 13.0 Å². The zero-order valence-electron chi connectivity index (χ0n) is 11.4. The van der Waals surface area contributed by atoms with Crippen LogP contribution in [0.3, 0.4) is 0 Å². The van der Waals surface area contributed by atoms with Crippen LogP contribution in [-0.2, 0) is 17.8 Å². The van der Waals surface area contributed by atoms with Crippen molar-refractivity contribution in [3.63, 3.8) is 0 Å². The maximum Gasteiger partial charge on any atom is 0.237 e. The van der Waals surface area contributed by atoms with Crippen LogP contribution in [-0.4, -0.2) is 21.9 Å². The number of aromatic nitrogens is 2. The van der Waals surface area contributed by atoms with Crippen LogP contribution in [0.2, 0.25) is 0 Å². The third kappa shape index (κ3) is 3.12. The standard InChI is InChI=1S/C15H16N4OS/c16-13(15(20)18-7-11-8-21-9-19-11)5-10-6-17-14-4-2-1-3-12(10)14/h1-4,6,8-9,13,17H,5,7,16H2,(H,18,20). The van der Waals surface area contributed by atoms with Crippen molar-refractivity contribution in [1.82, 2.24) is 15.3 Å². The van der Waals surface area contributed by atoms with Crippen LogP contribution in [0.15, 0.2) is 41.4 Å². The summed E-state index contributed by atoms with van der Waals surface area (Å²) >= 11 is 1.51. The van der Waals surface area contributed by atoms with Crippen molar-refractivity contribution in [1.29, 1.82) is 0 Å². The van der Waals surface area contributed by atoms with Gasteiger partial charge >= 0.3 is 0 Å². The van der Waals surface area contributed by atoms with Crippen LogP contribution in [0.1, 0.15) is 11.3 Å². The minimum absolute atomic E-state index is 0.159. The Labute approximate surface area is 126 Å². The lowest BCUT2D eigenvalue weighted by Gasteiger charge is -2.11. The number of benzene rings is 1. The van der Waals surface area contributed by atoms with Gasteiger partial charge in [-0.25, -0.2) is 4.98 Å². The summed E-state index contributed by atoms with van der Waals surface area (Å²) in [5.74, 6) is -0.159. The van der Waals surface area contributed by atoms with E-state index in [-0.39, 0.29) is 5.91 Å². The molecule has 2 aromatic heterocycles. The van der Waals surface area contributed by atoms with Crippen LogP contribution >= 0.6 is 11.3 Å². The summed E-state index contributed by atoms with van der Waals surface area (Å²) in [5, 5.41) is 5.83. The quantitative estimate of drug-likeness (QED) is 0.672. The first-order chi connectivity index (χ1) is 10.2. The maximum absolute atomic E-state index is 12.0. The van der Waals surface area contributed by atoms with Crippen molar-refractivity contribution >= 4 is 28.1 Å². The van der Waals surface area contributed by atoms with Crippen LogP contribution in [0.4, 0.5) is 0 Å². The molecule has 21 heavy (non-hydrogen) atoms. The predicted molar refractivity (Wildman–Crippen MR) is 83.9 cm³/mol. The Morgan fingerprint density at radius 2 is 2.29 bits per heavy atom. The first-order valence-electron chi connectivity index (χ1n) is 6.69. The van der Waals surface area contributed by atoms with Crippen molar-refractivity contribution in [2.45, 2.75) is 19.0 Å². The van der Waals surface area contributed by atoms with Gasteiger partial charge in [0.25, 0.3) is 0 Å². The van der Waals surface area contributed by atoms with E-state index in [1.165, 1.54) is 11.3 Å². The molecule has 0 saturated heterocycles. The molecule has 1 unspecified atom stereocenters. The van der Waals surface area contributed by atoms with E-state index in [1.807, 2.05) is 35.8 Å². The number of hydrogen-bond acceptors (Lipinski definition) is 4. The van der Waals surface area contributed by atoms with Crippen molar-refractivity contribution in [2.24, 2.45) is 5.73 Å². The monoisotopic (exact) mass is 300 g/mol. The highest BCUT2D eigenvalue weighted by molar-refractivity contribution is 7.07. The van der Waals surface area contributed by atoms with Crippen molar-refractivity contribution < 1.29 is 4.79 Å². The topological polar surface area (TPSA) is 83.8 Å². The van der Waals surface area contributed by atoms with Crippen molar-refractivity contribution in [3.8, 4) is 0 Å². The molecule has 4 N–H and O–H groups in total. The highest BCUT2D eigenvalue weighted by Crippen LogP contribution is 2.18. The molecule has 0 aliphatic rings. The third-order valence-corrected chi connectivity index (χ3v) is 4.01. The summed E-state index contributed by atoms with van der Waals surface area (Å²) in [6.45, 7) is 0.421. The van der Waals surface area contributed by atoms with Gasteiger partial charge in [-0.2, -0.15) is 0 Å². The fraction of sp³-hybridized carbons (Fsp3) is 0.200. The van der Waals surface area contributed by atoms with Crippen LogP contribution in [0, 0.1) is 0 Å². The van der Waals surface area contributed by atoms with E-state index in [4.69, 9.17) is 5.73 Å². The van der Waals surface area contributed by atoms with Gasteiger partial charge in [0.2, 0.25) is 5.91 Å². The molecular formula is C15H16N4OS. The van der Waals surface area contributed by atoms with Gasteiger partial charge in [0.1, 0.15) is 0 Å². The Hall–Kier alpha value is -2.18. The number of H-pyrrole nitrogens is 1. The molecular weight excluding hydrogens is 284 g/mol. The first kappa shape index (κ1) is 13.8. The third-order valence-electron chi connectivity index (χ3n) is 3.38. The van der Waals surface area contributed by atoms with E-state index >= 15 is 0 Å². The lowest BCUT2D eigenvalue weighted by atomic mass is 10.1. The zero-order chi connectivity index (χ0) is 14.7. The zero-order valence-corrected chi connectivity index (χ0v) is 12.2. The molecule has 1 atom stereocenters. The van der Waals surface area contributed by atoms with Gasteiger partial charge in [-0.05, 0) is 18.1 Å². The number of amides is 1. The first-order valence-corrected chi connectivity index (χ1v) is 7.63. The Balaban J connectivity index is 1.62. The highest BCUT2D eigenvalue weighted by atomic mass is 32.1. The van der Waals surface area contributed by atoms with Gasteiger partial charge in [0.05, 0.1) is 23.8 Å². The maximum atomic E-state index is 12.0. The molecule has 0 aliphatic heterocycles. The molecule has 3 aromatic rings. The van der Waals surface area contributed by atoms with Crippen LogP contribution < -0.4 is 11.1 Å². The Kier molecular flexibility index (Phi) is 3.98. The second-order valence-electron chi connectivity index (χ2n) is 4.87. The van der Waals surface area contributed by atoms with E-state index in [2.05, 4.69) is 15.3 Å². The molecule has 0 spiro atoms. The van der Waals surface area contributed by atoms with Gasteiger partial charge in [0, 0.05) is 22.5 Å². The smallest absolute Gasteiger partial charge is 0.237 e. The molecule has 3 rings (SSSR count). The molecule has 0 bridgehead atoms. The molecule has 2 heterocycles. The largest absolute Gasteiger partial charge is 0.361 e. The number of nitrogens with zero attached hydrogens (tertiary/aromatic N) is 1. The Bertz CT molecular complexity index is 735. The van der Waals surface area contributed by atoms with Crippen LogP contribution in [0.5, 0.6) is 0 Å². The average molecular weight is 300 g/mol. The summed E-state index contributed by atoms with van der Waals surface area (Å²) in [7, 11) is 0. The number of para-hydroxylation sites is 1. The number of aromatic amines is 1. The molecule has 0 radical (unpaired) electrons. The lowest BCUT2D eigenvalue weighted by molar-refractivity contribution is -0.122. The molecule has 0 aliphatic carbocycles. The van der Waals surface area contributed by atoms with Crippen LogP contribution in [0.25, 0.3) is 10.9 Å². The molecule has 0 saturated carbocycles. The van der Waals surface area contributed by atoms with E-state index in [9.17, 15) is 4.79 Å². The molecule has 108 valence electrons. The average Bonchev–Trinajstić information content (AvgIpc) is 3.15. The van der Waals surface area contributed by atoms with E-state index in [0.717, 1.165) is 22.2 Å². The fourth-order valence-electron chi connectivity index (χ4n) is 2.26. The summed E-state index contributed by atoms with van der Waals surface area (Å²) in [4.78, 5) is 19.3. The normalized spacial score (nSPS) is 12.4. The highest BCUT2D eigenvalue weighted by Gasteiger charge is 2.16. The minimum atomic E-state index is -0.567. The number of carbonyl (C=O) groups excluding carboxylic acids is 1. The summed E-state index contributed by atoms with van der Waals surface area (Å²) in [6, 6.07) is 7.42. The molecule has 5 nitrogen and oxygen atoms in total. The number of rotatable bonds is 5. The molecule has 1 amide bonds. The van der Waals surface area contributed by atoms with E-state index in [1.54, 1.807) is 5.51 Å².